The monoisotopic (exact) mass is 298 g/mol. The van der Waals surface area contributed by atoms with E-state index in [1.165, 1.54) is 64.2 Å². The molecule has 0 aromatic carbocycles. The molecule has 0 bridgehead atoms. The second kappa shape index (κ2) is 7.53. The van der Waals surface area contributed by atoms with Gasteiger partial charge in [0.15, 0.2) is 0 Å². The first-order valence-corrected chi connectivity index (χ1v) is 8.59. The lowest BCUT2D eigenvalue weighted by Crippen LogP contribution is -2.48. The summed E-state index contributed by atoms with van der Waals surface area (Å²) in [5, 5.41) is 0. The SMILES string of the molecule is NC(=S)CC(=S)N(C1CCCCC1)C1CCCCC1. The van der Waals surface area contributed by atoms with E-state index >= 15 is 0 Å². The van der Waals surface area contributed by atoms with E-state index < -0.39 is 0 Å². The third kappa shape index (κ3) is 4.38. The van der Waals surface area contributed by atoms with E-state index in [0.29, 0.717) is 23.5 Å². The van der Waals surface area contributed by atoms with Gasteiger partial charge in [0, 0.05) is 18.5 Å². The summed E-state index contributed by atoms with van der Waals surface area (Å²) in [4.78, 5) is 4.10. The molecule has 0 atom stereocenters. The maximum atomic E-state index is 5.71. The van der Waals surface area contributed by atoms with Crippen molar-refractivity contribution in [2.45, 2.75) is 82.7 Å². The Hall–Kier alpha value is -0.220. The Morgan fingerprint density at radius 1 is 0.842 bits per heavy atom. The molecule has 2 nitrogen and oxygen atoms in total. The Morgan fingerprint density at radius 3 is 1.63 bits per heavy atom. The van der Waals surface area contributed by atoms with Crippen LogP contribution in [0.25, 0.3) is 0 Å². The van der Waals surface area contributed by atoms with Crippen molar-refractivity contribution < 1.29 is 0 Å². The zero-order valence-electron chi connectivity index (χ0n) is 11.8. The van der Waals surface area contributed by atoms with Gasteiger partial charge in [-0.3, -0.25) is 0 Å². The van der Waals surface area contributed by atoms with Crippen molar-refractivity contribution in [3.63, 3.8) is 0 Å². The maximum absolute atomic E-state index is 5.71. The molecule has 0 amide bonds. The highest BCUT2D eigenvalue weighted by Crippen LogP contribution is 2.31. The molecule has 0 aromatic rings. The number of hydrogen-bond acceptors (Lipinski definition) is 2. The van der Waals surface area contributed by atoms with Crippen molar-refractivity contribution in [2.24, 2.45) is 5.73 Å². The zero-order chi connectivity index (χ0) is 13.7. The smallest absolute Gasteiger partial charge is 0.0852 e. The minimum Gasteiger partial charge on any atom is -0.393 e. The first-order valence-electron chi connectivity index (χ1n) is 7.78. The summed E-state index contributed by atoms with van der Waals surface area (Å²) in [5.41, 5.74) is 5.71. The highest BCUT2D eigenvalue weighted by Gasteiger charge is 2.30. The van der Waals surface area contributed by atoms with Gasteiger partial charge in [-0.25, -0.2) is 0 Å². The van der Waals surface area contributed by atoms with Crippen LogP contribution in [0.1, 0.15) is 70.6 Å². The molecule has 2 saturated carbocycles. The second-order valence-corrected chi connectivity index (χ2v) is 7.02. The van der Waals surface area contributed by atoms with Crippen molar-refractivity contribution >= 4 is 34.4 Å². The highest BCUT2D eigenvalue weighted by atomic mass is 32.1. The van der Waals surface area contributed by atoms with Crippen LogP contribution in [0.2, 0.25) is 0 Å². The van der Waals surface area contributed by atoms with Gasteiger partial charge in [-0.2, -0.15) is 0 Å². The van der Waals surface area contributed by atoms with E-state index in [4.69, 9.17) is 30.2 Å². The van der Waals surface area contributed by atoms with Gasteiger partial charge < -0.3 is 10.6 Å². The first-order chi connectivity index (χ1) is 9.18. The average molecular weight is 299 g/mol. The fourth-order valence-corrected chi connectivity index (χ4v) is 4.35. The van der Waals surface area contributed by atoms with Gasteiger partial charge in [0.2, 0.25) is 0 Å². The van der Waals surface area contributed by atoms with Crippen LogP contribution in [0, 0.1) is 0 Å². The fraction of sp³-hybridized carbons (Fsp3) is 0.867. The summed E-state index contributed by atoms with van der Waals surface area (Å²) >= 11 is 10.7. The minimum absolute atomic E-state index is 0.543. The fourth-order valence-electron chi connectivity index (χ4n) is 3.66. The molecule has 2 aliphatic rings. The van der Waals surface area contributed by atoms with E-state index in [1.807, 2.05) is 0 Å². The van der Waals surface area contributed by atoms with Crippen LogP contribution in [-0.4, -0.2) is 27.0 Å². The van der Waals surface area contributed by atoms with Crippen molar-refractivity contribution in [1.29, 1.82) is 0 Å². The molecule has 0 unspecified atom stereocenters. The first kappa shape index (κ1) is 15.2. The number of nitrogens with two attached hydrogens (primary N) is 1. The van der Waals surface area contributed by atoms with Gasteiger partial charge in [-0.1, -0.05) is 63.0 Å². The third-order valence-corrected chi connectivity index (χ3v) is 5.05. The van der Waals surface area contributed by atoms with Crippen molar-refractivity contribution in [1.82, 2.24) is 4.90 Å². The Kier molecular flexibility index (Phi) is 6.02. The summed E-state index contributed by atoms with van der Waals surface area (Å²) in [6, 6.07) is 1.30. The molecule has 2 fully saturated rings. The quantitative estimate of drug-likeness (QED) is 0.796. The van der Waals surface area contributed by atoms with E-state index in [9.17, 15) is 0 Å². The molecule has 2 aliphatic carbocycles. The summed E-state index contributed by atoms with van der Waals surface area (Å²) in [6.07, 6.45) is 14.0. The van der Waals surface area contributed by atoms with Crippen LogP contribution in [0.3, 0.4) is 0 Å². The van der Waals surface area contributed by atoms with Crippen LogP contribution in [-0.2, 0) is 0 Å². The highest BCUT2D eigenvalue weighted by molar-refractivity contribution is 7.82. The van der Waals surface area contributed by atoms with Crippen molar-refractivity contribution in [3.8, 4) is 0 Å². The molecule has 0 heterocycles. The van der Waals surface area contributed by atoms with Crippen LogP contribution in [0.4, 0.5) is 0 Å². The number of thiocarbonyl (C=S) groups is 2. The van der Waals surface area contributed by atoms with Crippen LogP contribution in [0.15, 0.2) is 0 Å². The van der Waals surface area contributed by atoms with Gasteiger partial charge in [-0.15, -0.1) is 0 Å². The lowest BCUT2D eigenvalue weighted by Gasteiger charge is -2.43. The van der Waals surface area contributed by atoms with E-state index in [2.05, 4.69) is 4.90 Å². The Bertz CT molecular complexity index is 300. The normalized spacial score (nSPS) is 22.1. The molecule has 0 saturated heterocycles. The summed E-state index contributed by atoms with van der Waals surface area (Å²) < 4.78 is 0. The molecule has 108 valence electrons. The van der Waals surface area contributed by atoms with Crippen molar-refractivity contribution in [2.75, 3.05) is 0 Å². The lowest BCUT2D eigenvalue weighted by molar-refractivity contribution is 0.159. The molecule has 0 spiro atoms. The van der Waals surface area contributed by atoms with Crippen LogP contribution >= 0.6 is 24.4 Å². The van der Waals surface area contributed by atoms with Crippen LogP contribution < -0.4 is 5.73 Å². The standard InChI is InChI=1S/C15H26N2S2/c16-14(18)11-15(19)17(12-7-3-1-4-8-12)13-9-5-2-6-10-13/h12-13H,1-11H2,(H2,16,18). The van der Waals surface area contributed by atoms with Gasteiger partial charge >= 0.3 is 0 Å². The topological polar surface area (TPSA) is 29.3 Å². The summed E-state index contributed by atoms with van der Waals surface area (Å²) in [7, 11) is 0. The third-order valence-electron chi connectivity index (χ3n) is 4.55. The van der Waals surface area contributed by atoms with Gasteiger partial charge in [0.05, 0.1) is 9.98 Å². The molecule has 0 aromatic heterocycles. The lowest BCUT2D eigenvalue weighted by atomic mass is 9.88. The minimum atomic E-state index is 0.543. The summed E-state index contributed by atoms with van der Waals surface area (Å²) in [5.74, 6) is 0. The molecule has 4 heteroatoms. The van der Waals surface area contributed by atoms with Crippen LogP contribution in [0.5, 0.6) is 0 Å². The molecule has 0 aliphatic heterocycles. The number of nitrogens with zero attached hydrogens (tertiary/aromatic N) is 1. The van der Waals surface area contributed by atoms with E-state index in [-0.39, 0.29) is 0 Å². The maximum Gasteiger partial charge on any atom is 0.0852 e. The van der Waals surface area contributed by atoms with Gasteiger partial charge in [-0.05, 0) is 25.7 Å². The van der Waals surface area contributed by atoms with Gasteiger partial charge in [0.1, 0.15) is 0 Å². The van der Waals surface area contributed by atoms with Crippen molar-refractivity contribution in [3.05, 3.63) is 0 Å². The Balaban J connectivity index is 2.06. The van der Waals surface area contributed by atoms with E-state index in [0.717, 1.165) is 4.99 Å². The zero-order valence-corrected chi connectivity index (χ0v) is 13.4. The largest absolute Gasteiger partial charge is 0.393 e. The number of hydrogen-bond donors (Lipinski definition) is 1. The molecule has 2 rings (SSSR count). The molecular formula is C15H26N2S2. The van der Waals surface area contributed by atoms with Gasteiger partial charge in [0.25, 0.3) is 0 Å². The summed E-state index contributed by atoms with van der Waals surface area (Å²) in [6.45, 7) is 0. The predicted octanol–water partition coefficient (Wildman–Crippen LogP) is 3.96. The Morgan fingerprint density at radius 2 is 1.26 bits per heavy atom. The van der Waals surface area contributed by atoms with E-state index in [1.54, 1.807) is 0 Å². The molecule has 0 radical (unpaired) electrons. The predicted molar refractivity (Wildman–Crippen MR) is 89.6 cm³/mol. The average Bonchev–Trinajstić information content (AvgIpc) is 2.40. The Labute approximate surface area is 128 Å². The number of rotatable bonds is 4. The second-order valence-electron chi connectivity index (χ2n) is 6.03. The molecular weight excluding hydrogens is 272 g/mol. The molecule has 19 heavy (non-hydrogen) atoms. The molecule has 2 N–H and O–H groups in total.